The number of carbonyl (C=O) groups excluding carboxylic acids is 1. The molecule has 0 aliphatic heterocycles. The Balaban J connectivity index is 2.06. The summed E-state index contributed by atoms with van der Waals surface area (Å²) >= 11 is 14.3. The smallest absolute Gasteiger partial charge is 0.270 e. The van der Waals surface area contributed by atoms with Crippen molar-refractivity contribution >= 4 is 62.1 Å². The molecule has 0 aromatic heterocycles. The third-order valence-electron chi connectivity index (χ3n) is 3.07. The molecule has 0 spiro atoms. The van der Waals surface area contributed by atoms with Crippen molar-refractivity contribution in [1.82, 2.24) is 5.32 Å². The van der Waals surface area contributed by atoms with Gasteiger partial charge in [0, 0.05) is 27.2 Å². The number of benzene rings is 2. The summed E-state index contributed by atoms with van der Waals surface area (Å²) in [5.74, 6) is -0.410. The molecular weight excluding hydrogens is 418 g/mol. The Morgan fingerprint density at radius 2 is 2.00 bits per heavy atom. The fourth-order valence-corrected chi connectivity index (χ4v) is 2.63. The quantitative estimate of drug-likeness (QED) is 0.429. The molecule has 2 rings (SSSR count). The molecule has 9 heteroatoms. The van der Waals surface area contributed by atoms with Crippen molar-refractivity contribution in [3.05, 3.63) is 67.1 Å². The van der Waals surface area contributed by atoms with Gasteiger partial charge in [-0.3, -0.25) is 20.2 Å². The van der Waals surface area contributed by atoms with Gasteiger partial charge in [0.15, 0.2) is 5.11 Å². The number of amides is 1. The molecule has 0 heterocycles. The number of nitro benzene ring substituents is 1. The highest BCUT2D eigenvalue weighted by Gasteiger charge is 2.12. The van der Waals surface area contributed by atoms with Crippen LogP contribution < -0.4 is 10.6 Å². The summed E-state index contributed by atoms with van der Waals surface area (Å²) in [5.41, 5.74) is 1.67. The second-order valence-electron chi connectivity index (χ2n) is 4.79. The Kier molecular flexibility index (Phi) is 5.87. The first-order valence-corrected chi connectivity index (χ1v) is 8.18. The monoisotopic (exact) mass is 427 g/mol. The lowest BCUT2D eigenvalue weighted by molar-refractivity contribution is -0.384. The zero-order valence-corrected chi connectivity index (χ0v) is 15.5. The van der Waals surface area contributed by atoms with Crippen LogP contribution in [0.15, 0.2) is 40.9 Å². The van der Waals surface area contributed by atoms with Gasteiger partial charge in [-0.25, -0.2) is 0 Å². The second kappa shape index (κ2) is 7.69. The standard InChI is InChI=1S/C15H11BrClN3O3S/c1-8-2-3-9(6-12(8)17)14(21)19-15(24)18-13-5-4-10(20(22)23)7-11(13)16/h2-7H,1H3,(H2,18,19,21,24). The van der Waals surface area contributed by atoms with E-state index < -0.39 is 10.8 Å². The number of thiocarbonyl (C=S) groups is 1. The number of hydrogen-bond donors (Lipinski definition) is 2. The molecule has 0 atom stereocenters. The van der Waals surface area contributed by atoms with E-state index in [-0.39, 0.29) is 10.8 Å². The van der Waals surface area contributed by atoms with Crippen molar-refractivity contribution in [2.45, 2.75) is 6.92 Å². The molecular formula is C15H11BrClN3O3S. The van der Waals surface area contributed by atoms with E-state index >= 15 is 0 Å². The number of rotatable bonds is 3. The summed E-state index contributed by atoms with van der Waals surface area (Å²) in [7, 11) is 0. The van der Waals surface area contributed by atoms with E-state index in [1.54, 1.807) is 18.2 Å². The van der Waals surface area contributed by atoms with Gasteiger partial charge in [0.2, 0.25) is 0 Å². The number of halogens is 2. The third kappa shape index (κ3) is 4.50. The molecule has 2 aromatic rings. The van der Waals surface area contributed by atoms with Gasteiger partial charge in [-0.15, -0.1) is 0 Å². The van der Waals surface area contributed by atoms with Crippen LogP contribution in [0.5, 0.6) is 0 Å². The van der Waals surface area contributed by atoms with Crippen LogP contribution in [0.4, 0.5) is 11.4 Å². The van der Waals surface area contributed by atoms with Gasteiger partial charge in [-0.2, -0.15) is 0 Å². The lowest BCUT2D eigenvalue weighted by atomic mass is 10.1. The molecule has 0 unspecified atom stereocenters. The summed E-state index contributed by atoms with van der Waals surface area (Å²) in [4.78, 5) is 22.3. The summed E-state index contributed by atoms with van der Waals surface area (Å²) in [6.07, 6.45) is 0. The van der Waals surface area contributed by atoms with E-state index in [0.717, 1.165) is 5.56 Å². The van der Waals surface area contributed by atoms with Crippen LogP contribution in [-0.2, 0) is 0 Å². The number of nitrogens with zero attached hydrogens (tertiary/aromatic N) is 1. The topological polar surface area (TPSA) is 84.3 Å². The second-order valence-corrected chi connectivity index (χ2v) is 6.46. The first-order valence-electron chi connectivity index (χ1n) is 6.60. The summed E-state index contributed by atoms with van der Waals surface area (Å²) in [6.45, 7) is 1.84. The highest BCUT2D eigenvalue weighted by molar-refractivity contribution is 9.10. The number of hydrogen-bond acceptors (Lipinski definition) is 4. The molecule has 124 valence electrons. The SMILES string of the molecule is Cc1ccc(C(=O)NC(=S)Nc2ccc([N+](=O)[O-])cc2Br)cc1Cl. The highest BCUT2D eigenvalue weighted by atomic mass is 79.9. The molecule has 0 saturated carbocycles. The Labute approximate surface area is 156 Å². The van der Waals surface area contributed by atoms with E-state index in [2.05, 4.69) is 26.6 Å². The molecule has 0 aliphatic rings. The Morgan fingerprint density at radius 1 is 1.29 bits per heavy atom. The molecule has 24 heavy (non-hydrogen) atoms. The summed E-state index contributed by atoms with van der Waals surface area (Å²) < 4.78 is 0.451. The number of nitrogens with one attached hydrogen (secondary N) is 2. The van der Waals surface area contributed by atoms with E-state index in [1.807, 2.05) is 6.92 Å². The van der Waals surface area contributed by atoms with Crippen molar-refractivity contribution in [3.63, 3.8) is 0 Å². The van der Waals surface area contributed by atoms with Crippen LogP contribution in [0.25, 0.3) is 0 Å². The van der Waals surface area contributed by atoms with Crippen molar-refractivity contribution in [3.8, 4) is 0 Å². The summed E-state index contributed by atoms with van der Waals surface area (Å²) in [5, 5.41) is 16.6. The molecule has 0 radical (unpaired) electrons. The number of carbonyl (C=O) groups is 1. The predicted molar refractivity (Wildman–Crippen MR) is 101 cm³/mol. The average Bonchev–Trinajstić information content (AvgIpc) is 2.51. The largest absolute Gasteiger partial charge is 0.331 e. The number of nitro groups is 1. The molecule has 0 bridgehead atoms. The van der Waals surface area contributed by atoms with E-state index in [0.29, 0.717) is 20.7 Å². The zero-order valence-electron chi connectivity index (χ0n) is 12.3. The van der Waals surface area contributed by atoms with E-state index in [4.69, 9.17) is 23.8 Å². The average molecular weight is 429 g/mol. The lowest BCUT2D eigenvalue weighted by Gasteiger charge is -2.11. The minimum Gasteiger partial charge on any atom is -0.331 e. The number of aryl methyl sites for hydroxylation is 1. The number of anilines is 1. The van der Waals surface area contributed by atoms with Crippen LogP contribution in [0.1, 0.15) is 15.9 Å². The Morgan fingerprint density at radius 3 is 2.58 bits per heavy atom. The van der Waals surface area contributed by atoms with Crippen LogP contribution in [0, 0.1) is 17.0 Å². The first-order chi connectivity index (χ1) is 11.3. The van der Waals surface area contributed by atoms with Crippen molar-refractivity contribution < 1.29 is 9.72 Å². The Bertz CT molecular complexity index is 845. The molecule has 6 nitrogen and oxygen atoms in total. The Hall–Kier alpha value is -2.03. The fraction of sp³-hybridized carbons (Fsp3) is 0.0667. The predicted octanol–water partition coefficient (Wildman–Crippen LogP) is 4.45. The van der Waals surface area contributed by atoms with Crippen LogP contribution in [0.3, 0.4) is 0 Å². The normalized spacial score (nSPS) is 10.1. The molecule has 0 aliphatic carbocycles. The van der Waals surface area contributed by atoms with Gasteiger partial charge in [-0.05, 0) is 58.8 Å². The minimum atomic E-state index is -0.504. The van der Waals surface area contributed by atoms with Gasteiger partial charge >= 0.3 is 0 Å². The number of non-ortho nitro benzene ring substituents is 1. The maximum absolute atomic E-state index is 12.1. The maximum Gasteiger partial charge on any atom is 0.270 e. The van der Waals surface area contributed by atoms with Crippen molar-refractivity contribution in [2.24, 2.45) is 0 Å². The van der Waals surface area contributed by atoms with Crippen LogP contribution in [-0.4, -0.2) is 15.9 Å². The van der Waals surface area contributed by atoms with Crippen LogP contribution >= 0.6 is 39.7 Å². The summed E-state index contributed by atoms with van der Waals surface area (Å²) in [6, 6.07) is 9.09. The highest BCUT2D eigenvalue weighted by Crippen LogP contribution is 2.27. The van der Waals surface area contributed by atoms with Gasteiger partial charge in [-0.1, -0.05) is 17.7 Å². The molecule has 1 amide bonds. The minimum absolute atomic E-state index is 0.0586. The van der Waals surface area contributed by atoms with Crippen LogP contribution in [0.2, 0.25) is 5.02 Å². The maximum atomic E-state index is 12.1. The first kappa shape index (κ1) is 18.3. The zero-order chi connectivity index (χ0) is 17.9. The van der Waals surface area contributed by atoms with E-state index in [1.165, 1.54) is 18.2 Å². The van der Waals surface area contributed by atoms with Gasteiger partial charge in [0.25, 0.3) is 11.6 Å². The third-order valence-corrected chi connectivity index (χ3v) is 4.34. The van der Waals surface area contributed by atoms with Gasteiger partial charge in [0.1, 0.15) is 0 Å². The lowest BCUT2D eigenvalue weighted by Crippen LogP contribution is -2.34. The van der Waals surface area contributed by atoms with Crippen molar-refractivity contribution in [2.75, 3.05) is 5.32 Å². The van der Waals surface area contributed by atoms with Gasteiger partial charge < -0.3 is 5.32 Å². The van der Waals surface area contributed by atoms with Gasteiger partial charge in [0.05, 0.1) is 10.6 Å². The molecule has 0 fully saturated rings. The fourth-order valence-electron chi connectivity index (χ4n) is 1.78. The molecule has 2 aromatic carbocycles. The van der Waals surface area contributed by atoms with Crippen molar-refractivity contribution in [1.29, 1.82) is 0 Å². The van der Waals surface area contributed by atoms with E-state index in [9.17, 15) is 14.9 Å². The molecule has 0 saturated heterocycles. The molecule has 2 N–H and O–H groups in total.